The maximum atomic E-state index is 4.90. The molecule has 2 rings (SSSR count). The normalized spacial score (nSPS) is 12.7. The fourth-order valence-electron chi connectivity index (χ4n) is 2.60. The highest BCUT2D eigenvalue weighted by Gasteiger charge is 2.16. The van der Waals surface area contributed by atoms with Gasteiger partial charge in [-0.3, -0.25) is 0 Å². The van der Waals surface area contributed by atoms with E-state index in [-0.39, 0.29) is 0 Å². The van der Waals surface area contributed by atoms with Gasteiger partial charge in [-0.1, -0.05) is 51.3 Å². The highest BCUT2D eigenvalue weighted by atomic mass is 79.9. The molecule has 2 aromatic rings. The molecule has 114 valence electrons. The van der Waals surface area contributed by atoms with Crippen molar-refractivity contribution < 1.29 is 0 Å². The predicted molar refractivity (Wildman–Crippen MR) is 94.6 cm³/mol. The van der Waals surface area contributed by atoms with E-state index in [1.54, 1.807) is 0 Å². The first-order valence-corrected chi connectivity index (χ1v) is 8.84. The summed E-state index contributed by atoms with van der Waals surface area (Å²) in [5.74, 6) is 0. The Morgan fingerprint density at radius 3 is 2.71 bits per heavy atom. The largest absolute Gasteiger partial charge is 0.309 e. The lowest BCUT2D eigenvalue weighted by Gasteiger charge is -2.20. The first kappa shape index (κ1) is 16.4. The number of halogens is 1. The van der Waals surface area contributed by atoms with Crippen molar-refractivity contribution in [3.63, 3.8) is 0 Å². The molecule has 21 heavy (non-hydrogen) atoms. The molecule has 0 radical (unpaired) electrons. The maximum absolute atomic E-state index is 4.90. The molecular formula is C18H25BrN2. The molecule has 3 heteroatoms. The van der Waals surface area contributed by atoms with Crippen molar-refractivity contribution in [1.29, 1.82) is 0 Å². The molecule has 0 aliphatic rings. The maximum Gasteiger partial charge on any atom is 0.0722 e. The molecule has 0 spiro atoms. The second-order valence-corrected chi connectivity index (χ2v) is 6.40. The van der Waals surface area contributed by atoms with Crippen LogP contribution in [0, 0.1) is 0 Å². The number of nitrogens with zero attached hydrogens (tertiary/aromatic N) is 1. The van der Waals surface area contributed by atoms with Gasteiger partial charge < -0.3 is 5.32 Å². The molecule has 0 saturated carbocycles. The van der Waals surface area contributed by atoms with Crippen LogP contribution >= 0.6 is 15.9 Å². The van der Waals surface area contributed by atoms with Gasteiger partial charge in [0.05, 0.1) is 17.3 Å². The third-order valence-corrected chi connectivity index (χ3v) is 4.41. The summed E-state index contributed by atoms with van der Waals surface area (Å²) in [5, 5.41) is 4.85. The predicted octanol–water partition coefficient (Wildman–Crippen LogP) is 5.62. The Balaban J connectivity index is 2.26. The van der Waals surface area contributed by atoms with Crippen LogP contribution in [0.1, 0.15) is 57.7 Å². The van der Waals surface area contributed by atoms with E-state index in [1.807, 2.05) is 0 Å². The standard InChI is InChI=1S/C18H25BrN2/c1-3-5-6-11-17(20-12-4-2)18-15(19)13-14-9-7-8-10-16(14)21-18/h7-10,13,17,20H,3-6,11-12H2,1-2H3. The molecule has 0 aliphatic carbocycles. The van der Waals surface area contributed by atoms with Crippen molar-refractivity contribution in [2.45, 2.75) is 52.0 Å². The molecule has 0 bridgehead atoms. The summed E-state index contributed by atoms with van der Waals surface area (Å²) in [4.78, 5) is 4.90. The topological polar surface area (TPSA) is 24.9 Å². The number of fused-ring (bicyclic) bond motifs is 1. The Kier molecular flexibility index (Phi) is 6.65. The number of aromatic nitrogens is 1. The monoisotopic (exact) mass is 348 g/mol. The van der Waals surface area contributed by atoms with Crippen LogP contribution in [0.3, 0.4) is 0 Å². The number of rotatable bonds is 8. The van der Waals surface area contributed by atoms with Crippen molar-refractivity contribution in [3.8, 4) is 0 Å². The summed E-state index contributed by atoms with van der Waals surface area (Å²) >= 11 is 3.72. The first-order chi connectivity index (χ1) is 10.3. The van der Waals surface area contributed by atoms with E-state index in [9.17, 15) is 0 Å². The van der Waals surface area contributed by atoms with Gasteiger partial charge in [0.15, 0.2) is 0 Å². The molecule has 0 fully saturated rings. The highest BCUT2D eigenvalue weighted by molar-refractivity contribution is 9.10. The van der Waals surface area contributed by atoms with E-state index in [0.717, 1.165) is 35.1 Å². The minimum absolute atomic E-state index is 0.343. The minimum atomic E-state index is 0.343. The molecule has 1 aromatic carbocycles. The van der Waals surface area contributed by atoms with Crippen molar-refractivity contribution >= 4 is 26.8 Å². The molecule has 1 heterocycles. The zero-order valence-electron chi connectivity index (χ0n) is 13.0. The summed E-state index contributed by atoms with van der Waals surface area (Å²) in [6.07, 6.45) is 6.09. The lowest BCUT2D eigenvalue weighted by atomic mass is 10.0. The van der Waals surface area contributed by atoms with Gasteiger partial charge in [0.25, 0.3) is 0 Å². The van der Waals surface area contributed by atoms with E-state index in [0.29, 0.717) is 6.04 Å². The van der Waals surface area contributed by atoms with Crippen LogP contribution in [0.15, 0.2) is 34.8 Å². The van der Waals surface area contributed by atoms with Gasteiger partial charge in [-0.15, -0.1) is 0 Å². The van der Waals surface area contributed by atoms with E-state index < -0.39 is 0 Å². The van der Waals surface area contributed by atoms with Crippen LogP contribution in [-0.2, 0) is 0 Å². The van der Waals surface area contributed by atoms with Crippen LogP contribution in [0.2, 0.25) is 0 Å². The smallest absolute Gasteiger partial charge is 0.0722 e. The Hall–Kier alpha value is -0.930. The Bertz CT molecular complexity index is 568. The fraction of sp³-hybridized carbons (Fsp3) is 0.500. The van der Waals surface area contributed by atoms with Gasteiger partial charge in [-0.2, -0.15) is 0 Å². The number of benzene rings is 1. The van der Waals surface area contributed by atoms with Gasteiger partial charge in [0.1, 0.15) is 0 Å². The summed E-state index contributed by atoms with van der Waals surface area (Å²) in [6, 6.07) is 10.9. The summed E-state index contributed by atoms with van der Waals surface area (Å²) < 4.78 is 1.12. The summed E-state index contributed by atoms with van der Waals surface area (Å²) in [6.45, 7) is 5.50. The number of hydrogen-bond donors (Lipinski definition) is 1. The molecular weight excluding hydrogens is 324 g/mol. The lowest BCUT2D eigenvalue weighted by Crippen LogP contribution is -2.23. The van der Waals surface area contributed by atoms with Crippen molar-refractivity contribution in [2.75, 3.05) is 6.54 Å². The second kappa shape index (κ2) is 8.50. The fourth-order valence-corrected chi connectivity index (χ4v) is 3.21. The Morgan fingerprint density at radius 2 is 1.95 bits per heavy atom. The third-order valence-electron chi connectivity index (χ3n) is 3.77. The number of pyridine rings is 1. The molecule has 0 amide bonds. The molecule has 1 unspecified atom stereocenters. The van der Waals surface area contributed by atoms with Gasteiger partial charge in [0.2, 0.25) is 0 Å². The van der Waals surface area contributed by atoms with Gasteiger partial charge in [-0.05, 0) is 47.4 Å². The van der Waals surface area contributed by atoms with Crippen molar-refractivity contribution in [1.82, 2.24) is 10.3 Å². The number of para-hydroxylation sites is 1. The van der Waals surface area contributed by atoms with Crippen LogP contribution < -0.4 is 5.32 Å². The van der Waals surface area contributed by atoms with Gasteiger partial charge >= 0.3 is 0 Å². The van der Waals surface area contributed by atoms with Crippen LogP contribution in [0.25, 0.3) is 10.9 Å². The number of hydrogen-bond acceptors (Lipinski definition) is 2. The van der Waals surface area contributed by atoms with E-state index in [4.69, 9.17) is 4.98 Å². The second-order valence-electron chi connectivity index (χ2n) is 5.55. The Morgan fingerprint density at radius 1 is 1.14 bits per heavy atom. The quantitative estimate of drug-likeness (QED) is 0.626. The molecule has 1 atom stereocenters. The highest BCUT2D eigenvalue weighted by Crippen LogP contribution is 2.28. The van der Waals surface area contributed by atoms with Crippen molar-refractivity contribution in [3.05, 3.63) is 40.5 Å². The van der Waals surface area contributed by atoms with Gasteiger partial charge in [0, 0.05) is 9.86 Å². The van der Waals surface area contributed by atoms with E-state index >= 15 is 0 Å². The van der Waals surface area contributed by atoms with E-state index in [2.05, 4.69) is 65.4 Å². The van der Waals surface area contributed by atoms with Crippen LogP contribution in [0.4, 0.5) is 0 Å². The average Bonchev–Trinajstić information content (AvgIpc) is 2.50. The van der Waals surface area contributed by atoms with Crippen molar-refractivity contribution in [2.24, 2.45) is 0 Å². The van der Waals surface area contributed by atoms with Gasteiger partial charge in [-0.25, -0.2) is 4.98 Å². The first-order valence-electron chi connectivity index (χ1n) is 8.04. The van der Waals surface area contributed by atoms with Crippen LogP contribution in [0.5, 0.6) is 0 Å². The average molecular weight is 349 g/mol. The zero-order valence-corrected chi connectivity index (χ0v) is 14.6. The summed E-state index contributed by atoms with van der Waals surface area (Å²) in [5.41, 5.74) is 2.23. The molecule has 0 aliphatic heterocycles. The third kappa shape index (κ3) is 4.52. The number of nitrogens with one attached hydrogen (secondary N) is 1. The molecule has 0 saturated heterocycles. The SMILES string of the molecule is CCCCCC(NCCC)c1nc2ccccc2cc1Br. The summed E-state index contributed by atoms with van der Waals surface area (Å²) in [7, 11) is 0. The zero-order chi connectivity index (χ0) is 15.1. The Labute approximate surface area is 136 Å². The number of unbranched alkanes of at least 4 members (excludes halogenated alkanes) is 2. The lowest BCUT2D eigenvalue weighted by molar-refractivity contribution is 0.465. The molecule has 1 aromatic heterocycles. The minimum Gasteiger partial charge on any atom is -0.309 e. The van der Waals surface area contributed by atoms with E-state index in [1.165, 1.54) is 24.6 Å². The molecule has 1 N–H and O–H groups in total. The molecule has 2 nitrogen and oxygen atoms in total. The van der Waals surface area contributed by atoms with Crippen LogP contribution in [-0.4, -0.2) is 11.5 Å².